The maximum atomic E-state index is 12.4. The van der Waals surface area contributed by atoms with Gasteiger partial charge in [-0.05, 0) is 37.8 Å². The Morgan fingerprint density at radius 3 is 2.91 bits per heavy atom. The van der Waals surface area contributed by atoms with E-state index in [1.54, 1.807) is 11.8 Å². The van der Waals surface area contributed by atoms with E-state index in [-0.39, 0.29) is 18.9 Å². The van der Waals surface area contributed by atoms with Crippen molar-refractivity contribution in [2.45, 2.75) is 39.5 Å². The quantitative estimate of drug-likeness (QED) is 0.644. The van der Waals surface area contributed by atoms with Crippen molar-refractivity contribution in [1.29, 1.82) is 0 Å². The summed E-state index contributed by atoms with van der Waals surface area (Å²) in [4.78, 5) is 30.0. The number of nitrogens with one attached hydrogen (secondary N) is 1. The summed E-state index contributed by atoms with van der Waals surface area (Å²) in [5.41, 5.74) is 1.17. The molecule has 120 valence electrons. The van der Waals surface area contributed by atoms with Gasteiger partial charge in [0.2, 0.25) is 5.91 Å². The van der Waals surface area contributed by atoms with Crippen molar-refractivity contribution in [1.82, 2.24) is 4.98 Å². The Labute approximate surface area is 130 Å². The van der Waals surface area contributed by atoms with Gasteiger partial charge >= 0.3 is 5.97 Å². The number of aromatic nitrogens is 1. The van der Waals surface area contributed by atoms with E-state index in [0.717, 1.165) is 31.6 Å². The molecule has 1 aliphatic rings. The van der Waals surface area contributed by atoms with Crippen LogP contribution in [0.3, 0.4) is 0 Å². The SMILES string of the molecule is CCCN(C(=O)CC(=O)OCC)c1ccc2c(n1)NCCC2. The van der Waals surface area contributed by atoms with Gasteiger partial charge in [0, 0.05) is 13.1 Å². The van der Waals surface area contributed by atoms with Crippen LogP contribution in [-0.4, -0.2) is 36.6 Å². The highest BCUT2D eigenvalue weighted by Gasteiger charge is 2.21. The zero-order valence-electron chi connectivity index (χ0n) is 13.2. The lowest BCUT2D eigenvalue weighted by atomic mass is 10.1. The van der Waals surface area contributed by atoms with E-state index < -0.39 is 5.97 Å². The number of rotatable bonds is 6. The number of fused-ring (bicyclic) bond motifs is 1. The Balaban J connectivity index is 2.16. The minimum absolute atomic E-state index is 0.250. The monoisotopic (exact) mass is 305 g/mol. The van der Waals surface area contributed by atoms with Crippen LogP contribution in [0.15, 0.2) is 12.1 Å². The lowest BCUT2D eigenvalue weighted by molar-refractivity contribution is -0.145. The molecule has 0 saturated carbocycles. The molecule has 1 N–H and O–H groups in total. The first-order valence-corrected chi connectivity index (χ1v) is 7.85. The van der Waals surface area contributed by atoms with Gasteiger partial charge in [-0.25, -0.2) is 4.98 Å². The molecule has 0 bridgehead atoms. The third-order valence-corrected chi connectivity index (χ3v) is 3.51. The molecule has 1 amide bonds. The topological polar surface area (TPSA) is 71.5 Å². The Bertz CT molecular complexity index is 545. The van der Waals surface area contributed by atoms with E-state index in [1.807, 2.05) is 19.1 Å². The zero-order valence-corrected chi connectivity index (χ0v) is 13.2. The highest BCUT2D eigenvalue weighted by molar-refractivity contribution is 6.03. The molecule has 1 aromatic rings. The first-order chi connectivity index (χ1) is 10.7. The van der Waals surface area contributed by atoms with Crippen LogP contribution in [0.4, 0.5) is 11.6 Å². The summed E-state index contributed by atoms with van der Waals surface area (Å²) in [6.07, 6.45) is 2.63. The fraction of sp³-hybridized carbons (Fsp3) is 0.562. The van der Waals surface area contributed by atoms with Crippen molar-refractivity contribution in [3.05, 3.63) is 17.7 Å². The minimum Gasteiger partial charge on any atom is -0.466 e. The van der Waals surface area contributed by atoms with Gasteiger partial charge in [-0.2, -0.15) is 0 Å². The van der Waals surface area contributed by atoms with E-state index in [2.05, 4.69) is 10.3 Å². The molecule has 0 aliphatic carbocycles. The van der Waals surface area contributed by atoms with Gasteiger partial charge in [-0.15, -0.1) is 0 Å². The number of carbonyl (C=O) groups is 2. The molecule has 22 heavy (non-hydrogen) atoms. The average Bonchev–Trinajstić information content (AvgIpc) is 2.52. The number of hydrogen-bond donors (Lipinski definition) is 1. The number of amides is 1. The van der Waals surface area contributed by atoms with Gasteiger partial charge in [-0.1, -0.05) is 13.0 Å². The molecule has 6 heteroatoms. The van der Waals surface area contributed by atoms with Crippen LogP contribution >= 0.6 is 0 Å². The average molecular weight is 305 g/mol. The first kappa shape index (κ1) is 16.3. The molecule has 0 unspecified atom stereocenters. The fourth-order valence-corrected chi connectivity index (χ4v) is 2.49. The van der Waals surface area contributed by atoms with Crippen molar-refractivity contribution in [2.24, 2.45) is 0 Å². The predicted molar refractivity (Wildman–Crippen MR) is 84.9 cm³/mol. The maximum absolute atomic E-state index is 12.4. The van der Waals surface area contributed by atoms with Crippen molar-refractivity contribution in [3.63, 3.8) is 0 Å². The molecule has 0 fully saturated rings. The molecular weight excluding hydrogens is 282 g/mol. The number of ether oxygens (including phenoxy) is 1. The van der Waals surface area contributed by atoms with Crippen molar-refractivity contribution >= 4 is 23.5 Å². The smallest absolute Gasteiger partial charge is 0.315 e. The van der Waals surface area contributed by atoms with Crippen molar-refractivity contribution in [3.8, 4) is 0 Å². The van der Waals surface area contributed by atoms with Gasteiger partial charge in [0.15, 0.2) is 0 Å². The summed E-state index contributed by atoms with van der Waals surface area (Å²) in [6.45, 7) is 5.42. The molecule has 0 spiro atoms. The summed E-state index contributed by atoms with van der Waals surface area (Å²) in [6, 6.07) is 3.86. The molecule has 0 saturated heterocycles. The predicted octanol–water partition coefficient (Wildman–Crippen LogP) is 2.14. The lowest BCUT2D eigenvalue weighted by Crippen LogP contribution is -2.34. The largest absolute Gasteiger partial charge is 0.466 e. The van der Waals surface area contributed by atoms with Crippen LogP contribution in [-0.2, 0) is 20.7 Å². The molecular formula is C16H23N3O3. The van der Waals surface area contributed by atoms with Crippen LogP contribution < -0.4 is 10.2 Å². The minimum atomic E-state index is -0.496. The number of anilines is 2. The van der Waals surface area contributed by atoms with Crippen LogP contribution in [0.5, 0.6) is 0 Å². The zero-order chi connectivity index (χ0) is 15.9. The van der Waals surface area contributed by atoms with E-state index >= 15 is 0 Å². The standard InChI is InChI=1S/C16H23N3O3/c1-3-10-19(14(20)11-15(21)22-4-2)13-8-7-12-6-5-9-17-16(12)18-13/h7-8H,3-6,9-11H2,1-2H3,(H,17,18). The number of aryl methyl sites for hydroxylation is 1. The van der Waals surface area contributed by atoms with E-state index in [9.17, 15) is 9.59 Å². The Kier molecular flexibility index (Phi) is 5.75. The third kappa shape index (κ3) is 3.96. The molecule has 2 heterocycles. The maximum Gasteiger partial charge on any atom is 0.315 e. The van der Waals surface area contributed by atoms with E-state index in [0.29, 0.717) is 12.4 Å². The molecule has 0 radical (unpaired) electrons. The lowest BCUT2D eigenvalue weighted by Gasteiger charge is -2.24. The summed E-state index contributed by atoms with van der Waals surface area (Å²) in [5, 5.41) is 3.26. The van der Waals surface area contributed by atoms with Crippen LogP contribution in [0, 0.1) is 0 Å². The number of carbonyl (C=O) groups excluding carboxylic acids is 2. The van der Waals surface area contributed by atoms with Gasteiger partial charge in [0.25, 0.3) is 0 Å². The molecule has 1 aliphatic heterocycles. The first-order valence-electron chi connectivity index (χ1n) is 7.85. The van der Waals surface area contributed by atoms with Gasteiger partial charge in [-0.3, -0.25) is 14.5 Å². The highest BCUT2D eigenvalue weighted by Crippen LogP contribution is 2.24. The van der Waals surface area contributed by atoms with Crippen LogP contribution in [0.25, 0.3) is 0 Å². The number of pyridine rings is 1. The fourth-order valence-electron chi connectivity index (χ4n) is 2.49. The second kappa shape index (κ2) is 7.77. The van der Waals surface area contributed by atoms with Gasteiger partial charge in [0.1, 0.15) is 18.1 Å². The molecule has 6 nitrogen and oxygen atoms in total. The Morgan fingerprint density at radius 2 is 2.18 bits per heavy atom. The molecule has 0 atom stereocenters. The van der Waals surface area contributed by atoms with Crippen LogP contribution in [0.2, 0.25) is 0 Å². The normalized spacial score (nSPS) is 13.0. The van der Waals surface area contributed by atoms with Crippen molar-refractivity contribution < 1.29 is 14.3 Å². The highest BCUT2D eigenvalue weighted by atomic mass is 16.5. The molecule has 2 rings (SSSR count). The molecule has 1 aromatic heterocycles. The van der Waals surface area contributed by atoms with E-state index in [4.69, 9.17) is 4.74 Å². The number of esters is 1. The van der Waals surface area contributed by atoms with E-state index in [1.165, 1.54) is 5.56 Å². The second-order valence-corrected chi connectivity index (χ2v) is 5.23. The summed E-state index contributed by atoms with van der Waals surface area (Å²) in [5.74, 6) is 0.659. The number of nitrogens with zero attached hydrogens (tertiary/aromatic N) is 2. The van der Waals surface area contributed by atoms with Crippen LogP contribution in [0.1, 0.15) is 38.7 Å². The Morgan fingerprint density at radius 1 is 1.36 bits per heavy atom. The van der Waals surface area contributed by atoms with Crippen molar-refractivity contribution in [2.75, 3.05) is 29.9 Å². The summed E-state index contributed by atoms with van der Waals surface area (Å²) < 4.78 is 4.85. The van der Waals surface area contributed by atoms with Gasteiger partial charge in [0.05, 0.1) is 6.61 Å². The Hall–Kier alpha value is -2.11. The third-order valence-electron chi connectivity index (χ3n) is 3.51. The second-order valence-electron chi connectivity index (χ2n) is 5.23. The van der Waals surface area contributed by atoms with Gasteiger partial charge < -0.3 is 10.1 Å². The summed E-state index contributed by atoms with van der Waals surface area (Å²) >= 11 is 0. The molecule has 0 aromatic carbocycles. The summed E-state index contributed by atoms with van der Waals surface area (Å²) in [7, 11) is 0. The number of hydrogen-bond acceptors (Lipinski definition) is 5.